The Morgan fingerprint density at radius 2 is 2.03 bits per heavy atom. The molecule has 0 saturated carbocycles. The van der Waals surface area contributed by atoms with Gasteiger partial charge < -0.3 is 19.6 Å². The fourth-order valence-electron chi connectivity index (χ4n) is 3.19. The van der Waals surface area contributed by atoms with Crippen LogP contribution in [0.3, 0.4) is 0 Å². The molecule has 1 atom stereocenters. The number of aromatic nitrogens is 1. The molecular weight excluding hydrogens is 402 g/mol. The van der Waals surface area contributed by atoms with Crippen LogP contribution in [0.15, 0.2) is 34.9 Å². The number of hydrogen-bond acceptors (Lipinski definition) is 7. The highest BCUT2D eigenvalue weighted by atomic mass is 32.2. The summed E-state index contributed by atoms with van der Waals surface area (Å²) in [4.78, 5) is 29.0. The van der Waals surface area contributed by atoms with Gasteiger partial charge >= 0.3 is 0 Å². The number of amides is 2. The molecule has 1 N–H and O–H groups in total. The first-order valence-corrected chi connectivity index (χ1v) is 10.9. The van der Waals surface area contributed by atoms with Crippen molar-refractivity contribution in [2.45, 2.75) is 25.5 Å². The Morgan fingerprint density at radius 3 is 2.70 bits per heavy atom. The van der Waals surface area contributed by atoms with Crippen LogP contribution in [-0.2, 0) is 9.59 Å². The molecule has 2 heterocycles. The smallest absolute Gasteiger partial charge is 0.238 e. The molecule has 3 rings (SSSR count). The standard InChI is InChI=1S/C21H25N5O3S/c1-15-12-19(24-29-15)23-21(28)16(2)30-14-20(27)26-9-3-8-25(10-11-26)18-6-4-17(13-22)5-7-18/h4-7,12,16H,3,8-11,14H2,1-2H3,(H,23,24,28). The maximum absolute atomic E-state index is 12.7. The van der Waals surface area contributed by atoms with Crippen LogP contribution < -0.4 is 10.2 Å². The van der Waals surface area contributed by atoms with Gasteiger partial charge in [0.05, 0.1) is 22.6 Å². The Hall–Kier alpha value is -2.99. The monoisotopic (exact) mass is 427 g/mol. The van der Waals surface area contributed by atoms with Crippen LogP contribution >= 0.6 is 11.8 Å². The number of thioether (sulfide) groups is 1. The number of aryl methyl sites for hydroxylation is 1. The average Bonchev–Trinajstić information content (AvgIpc) is 3.01. The molecule has 0 bridgehead atoms. The maximum atomic E-state index is 12.7. The highest BCUT2D eigenvalue weighted by molar-refractivity contribution is 8.01. The van der Waals surface area contributed by atoms with E-state index in [0.29, 0.717) is 30.2 Å². The highest BCUT2D eigenvalue weighted by Crippen LogP contribution is 2.19. The molecule has 1 aliphatic rings. The minimum Gasteiger partial charge on any atom is -0.370 e. The maximum Gasteiger partial charge on any atom is 0.238 e. The quantitative estimate of drug-likeness (QED) is 0.756. The summed E-state index contributed by atoms with van der Waals surface area (Å²) in [6, 6.07) is 11.3. The van der Waals surface area contributed by atoms with Gasteiger partial charge in [-0.15, -0.1) is 11.8 Å². The number of nitrogens with one attached hydrogen (secondary N) is 1. The van der Waals surface area contributed by atoms with Gasteiger partial charge in [-0.1, -0.05) is 5.16 Å². The molecular formula is C21H25N5O3S. The van der Waals surface area contributed by atoms with E-state index in [1.54, 1.807) is 19.9 Å². The Labute approximate surface area is 180 Å². The predicted molar refractivity (Wildman–Crippen MR) is 116 cm³/mol. The van der Waals surface area contributed by atoms with E-state index in [1.807, 2.05) is 29.2 Å². The fraction of sp³-hybridized carbons (Fsp3) is 0.429. The molecule has 158 valence electrons. The first kappa shape index (κ1) is 21.7. The Kier molecular flexibility index (Phi) is 7.36. The van der Waals surface area contributed by atoms with Crippen LogP contribution in [0.2, 0.25) is 0 Å². The van der Waals surface area contributed by atoms with Gasteiger partial charge in [-0.3, -0.25) is 9.59 Å². The lowest BCUT2D eigenvalue weighted by Gasteiger charge is -2.24. The van der Waals surface area contributed by atoms with Gasteiger partial charge in [0.1, 0.15) is 5.76 Å². The van der Waals surface area contributed by atoms with E-state index in [4.69, 9.17) is 9.78 Å². The Balaban J connectivity index is 1.46. The zero-order chi connectivity index (χ0) is 21.5. The van der Waals surface area contributed by atoms with Crippen molar-refractivity contribution in [3.05, 3.63) is 41.7 Å². The van der Waals surface area contributed by atoms with Gasteiger partial charge in [0.25, 0.3) is 0 Å². The summed E-state index contributed by atoms with van der Waals surface area (Å²) in [5.41, 5.74) is 1.70. The predicted octanol–water partition coefficient (Wildman–Crippen LogP) is 2.65. The zero-order valence-electron chi connectivity index (χ0n) is 17.1. The van der Waals surface area contributed by atoms with Crippen LogP contribution in [0.1, 0.15) is 24.7 Å². The van der Waals surface area contributed by atoms with Crippen LogP contribution in [-0.4, -0.2) is 59.1 Å². The molecule has 2 amide bonds. The minimum atomic E-state index is -0.381. The van der Waals surface area contributed by atoms with Crippen molar-refractivity contribution in [3.8, 4) is 6.07 Å². The summed E-state index contributed by atoms with van der Waals surface area (Å²) >= 11 is 1.31. The van der Waals surface area contributed by atoms with Crippen LogP contribution in [0.25, 0.3) is 0 Å². The largest absolute Gasteiger partial charge is 0.370 e. The molecule has 8 nitrogen and oxygen atoms in total. The second-order valence-corrected chi connectivity index (χ2v) is 8.47. The molecule has 1 aliphatic heterocycles. The van der Waals surface area contributed by atoms with Crippen molar-refractivity contribution < 1.29 is 14.1 Å². The van der Waals surface area contributed by atoms with Gasteiger partial charge in [-0.05, 0) is 44.5 Å². The number of carbonyl (C=O) groups excluding carboxylic acids is 2. The molecule has 1 unspecified atom stereocenters. The summed E-state index contributed by atoms with van der Waals surface area (Å²) in [6.07, 6.45) is 0.873. The third-order valence-corrected chi connectivity index (χ3v) is 6.04. The number of anilines is 2. The van der Waals surface area contributed by atoms with E-state index in [2.05, 4.69) is 21.4 Å². The zero-order valence-corrected chi connectivity index (χ0v) is 17.9. The van der Waals surface area contributed by atoms with Gasteiger partial charge in [-0.25, -0.2) is 0 Å². The number of hydrogen-bond donors (Lipinski definition) is 1. The first-order valence-electron chi connectivity index (χ1n) is 9.85. The third kappa shape index (κ3) is 5.76. The number of rotatable bonds is 6. The number of nitrogens with zero attached hydrogens (tertiary/aromatic N) is 4. The lowest BCUT2D eigenvalue weighted by Crippen LogP contribution is -2.37. The van der Waals surface area contributed by atoms with Gasteiger partial charge in [0, 0.05) is 37.9 Å². The second kappa shape index (κ2) is 10.2. The van der Waals surface area contributed by atoms with Crippen molar-refractivity contribution in [1.82, 2.24) is 10.1 Å². The average molecular weight is 428 g/mol. The lowest BCUT2D eigenvalue weighted by molar-refractivity contribution is -0.128. The van der Waals surface area contributed by atoms with Crippen molar-refractivity contribution in [2.75, 3.05) is 42.1 Å². The molecule has 1 fully saturated rings. The van der Waals surface area contributed by atoms with Crippen LogP contribution in [0.5, 0.6) is 0 Å². The SMILES string of the molecule is Cc1cc(NC(=O)C(C)SCC(=O)N2CCCN(c3ccc(C#N)cc3)CC2)no1. The summed E-state index contributed by atoms with van der Waals surface area (Å²) in [5.74, 6) is 1.09. The van der Waals surface area contributed by atoms with E-state index in [-0.39, 0.29) is 22.8 Å². The summed E-state index contributed by atoms with van der Waals surface area (Å²) < 4.78 is 4.94. The minimum absolute atomic E-state index is 0.0404. The van der Waals surface area contributed by atoms with Crippen molar-refractivity contribution in [3.63, 3.8) is 0 Å². The second-order valence-electron chi connectivity index (χ2n) is 7.15. The van der Waals surface area contributed by atoms with Crippen molar-refractivity contribution >= 4 is 35.1 Å². The normalized spacial score (nSPS) is 15.2. The first-order chi connectivity index (χ1) is 14.5. The molecule has 0 spiro atoms. The van der Waals surface area contributed by atoms with E-state index < -0.39 is 0 Å². The van der Waals surface area contributed by atoms with Gasteiger partial charge in [0.2, 0.25) is 11.8 Å². The van der Waals surface area contributed by atoms with E-state index in [0.717, 1.165) is 25.2 Å². The summed E-state index contributed by atoms with van der Waals surface area (Å²) in [5, 5.41) is 15.0. The summed E-state index contributed by atoms with van der Waals surface area (Å²) in [7, 11) is 0. The molecule has 2 aromatic rings. The molecule has 1 aromatic heterocycles. The Morgan fingerprint density at radius 1 is 1.27 bits per heavy atom. The molecule has 0 aliphatic carbocycles. The molecule has 0 radical (unpaired) electrons. The number of nitriles is 1. The van der Waals surface area contributed by atoms with Gasteiger partial charge in [0.15, 0.2) is 5.82 Å². The molecule has 1 saturated heterocycles. The number of carbonyl (C=O) groups is 2. The Bertz CT molecular complexity index is 921. The molecule has 9 heteroatoms. The lowest BCUT2D eigenvalue weighted by atomic mass is 10.2. The van der Waals surface area contributed by atoms with E-state index in [1.165, 1.54) is 11.8 Å². The topological polar surface area (TPSA) is 102 Å². The summed E-state index contributed by atoms with van der Waals surface area (Å²) in [6.45, 7) is 6.46. The third-order valence-electron chi connectivity index (χ3n) is 4.92. The van der Waals surface area contributed by atoms with Crippen molar-refractivity contribution in [2.24, 2.45) is 0 Å². The van der Waals surface area contributed by atoms with Crippen LogP contribution in [0, 0.1) is 18.3 Å². The highest BCUT2D eigenvalue weighted by Gasteiger charge is 2.22. The number of benzene rings is 1. The molecule has 30 heavy (non-hydrogen) atoms. The fourth-order valence-corrected chi connectivity index (χ4v) is 3.97. The van der Waals surface area contributed by atoms with Crippen molar-refractivity contribution in [1.29, 1.82) is 5.26 Å². The molecule has 1 aromatic carbocycles. The van der Waals surface area contributed by atoms with Gasteiger partial charge in [-0.2, -0.15) is 5.26 Å². The van der Waals surface area contributed by atoms with E-state index >= 15 is 0 Å². The van der Waals surface area contributed by atoms with Crippen LogP contribution in [0.4, 0.5) is 11.5 Å². The van der Waals surface area contributed by atoms with E-state index in [9.17, 15) is 9.59 Å².